The van der Waals surface area contributed by atoms with Gasteiger partial charge in [-0.05, 0) is 0 Å². The van der Waals surface area contributed by atoms with Crippen molar-refractivity contribution in [1.29, 1.82) is 0 Å². The van der Waals surface area contributed by atoms with Gasteiger partial charge in [0.2, 0.25) is 0 Å². The number of hydrogen-bond acceptors (Lipinski definition) is 3. The number of nitrogens with zero attached hydrogens (tertiary/aromatic N) is 2. The Balaban J connectivity index is 0.000000486. The van der Waals surface area contributed by atoms with Crippen LogP contribution in [0.15, 0.2) is 0 Å². The zero-order valence-corrected chi connectivity index (χ0v) is 13.2. The van der Waals surface area contributed by atoms with Gasteiger partial charge in [0.25, 0.3) is 0 Å². The van der Waals surface area contributed by atoms with Crippen LogP contribution < -0.4 is 0 Å². The second kappa shape index (κ2) is 6.85. The Morgan fingerprint density at radius 3 is 2.00 bits per heavy atom. The average Bonchev–Trinajstić information content (AvgIpc) is 2.61. The topological polar surface area (TPSA) is 24.7 Å². The van der Waals surface area contributed by atoms with Crippen LogP contribution in [-0.2, 0) is 9.47 Å². The van der Waals surface area contributed by atoms with Crippen LogP contribution >= 0.6 is 19.4 Å². The Morgan fingerprint density at radius 2 is 1.57 bits per heavy atom. The van der Waals surface area contributed by atoms with Gasteiger partial charge in [-0.3, -0.25) is 0 Å². The molecular formula is C9H18ClF6N2O2P. The summed E-state index contributed by atoms with van der Waals surface area (Å²) in [5, 5.41) is 0.819. The van der Waals surface area contributed by atoms with Crippen molar-refractivity contribution in [1.82, 2.24) is 4.90 Å². The zero-order valence-electron chi connectivity index (χ0n) is 11.5. The second-order valence-electron chi connectivity index (χ2n) is 4.19. The van der Waals surface area contributed by atoms with E-state index in [0.29, 0.717) is 13.2 Å². The summed E-state index contributed by atoms with van der Waals surface area (Å²) in [7, 11) is -7.26. The van der Waals surface area contributed by atoms with Crippen molar-refractivity contribution in [3.05, 3.63) is 0 Å². The van der Waals surface area contributed by atoms with Crippen LogP contribution in [-0.4, -0.2) is 68.4 Å². The fourth-order valence-corrected chi connectivity index (χ4v) is 1.78. The fraction of sp³-hybridized carbons (Fsp3) is 0.889. The van der Waals surface area contributed by atoms with E-state index in [4.69, 9.17) is 21.1 Å². The van der Waals surface area contributed by atoms with E-state index in [2.05, 4.69) is 9.48 Å². The number of amidine groups is 1. The summed E-state index contributed by atoms with van der Waals surface area (Å²) in [6, 6.07) is 0. The van der Waals surface area contributed by atoms with Gasteiger partial charge < -0.3 is 9.47 Å². The maximum atomic E-state index is 9.87. The summed E-state index contributed by atoms with van der Waals surface area (Å²) >= 11 is 6.17. The molecule has 1 rings (SSSR count). The summed E-state index contributed by atoms with van der Waals surface area (Å²) < 4.78 is 71.3. The summed E-state index contributed by atoms with van der Waals surface area (Å²) in [6.07, 6.45) is 0. The molecular weight excluding hydrogens is 349 g/mol. The molecule has 0 unspecified atom stereocenters. The third-order valence-corrected chi connectivity index (χ3v) is 2.77. The van der Waals surface area contributed by atoms with Gasteiger partial charge in [-0.2, -0.15) is 0 Å². The minimum absolute atomic E-state index is 0.717. The summed E-state index contributed by atoms with van der Waals surface area (Å²) in [6.45, 7) is 5.11. The first-order valence-electron chi connectivity index (χ1n) is 5.81. The van der Waals surface area contributed by atoms with Crippen LogP contribution in [0.25, 0.3) is 0 Å². The molecule has 0 fully saturated rings. The molecule has 0 saturated carbocycles. The van der Waals surface area contributed by atoms with Crippen molar-refractivity contribution in [2.45, 2.75) is 0 Å². The van der Waals surface area contributed by atoms with Crippen LogP contribution in [0, 0.1) is 0 Å². The second-order valence-corrected chi connectivity index (χ2v) is 6.44. The Hall–Kier alpha value is -0.310. The van der Waals surface area contributed by atoms with Gasteiger partial charge in [0.05, 0.1) is 13.2 Å². The minimum atomic E-state index is -10.7. The predicted octanol–water partition coefficient (Wildman–Crippen LogP) is 3.58. The van der Waals surface area contributed by atoms with Gasteiger partial charge in [-0.25, -0.2) is 9.48 Å². The molecule has 130 valence electrons. The molecule has 1 aliphatic rings. The molecule has 0 aromatic heterocycles. The maximum absolute atomic E-state index is 10.7. The van der Waals surface area contributed by atoms with Crippen LogP contribution in [0.3, 0.4) is 0 Å². The predicted molar refractivity (Wildman–Crippen MR) is 69.7 cm³/mol. The van der Waals surface area contributed by atoms with Crippen molar-refractivity contribution < 1.29 is 39.2 Å². The molecule has 0 spiro atoms. The first-order valence-corrected chi connectivity index (χ1v) is 8.22. The molecule has 0 atom stereocenters. The van der Waals surface area contributed by atoms with E-state index in [0.717, 1.165) is 31.5 Å². The SMILES string of the molecule is COCCN1CC[N+](CCOC)=C1Cl.F[P-](F)(F)(F)(F)F. The molecule has 1 heterocycles. The summed E-state index contributed by atoms with van der Waals surface area (Å²) in [5.41, 5.74) is 0. The molecule has 12 heteroatoms. The van der Waals surface area contributed by atoms with Crippen LogP contribution in [0.2, 0.25) is 0 Å². The number of halogens is 7. The molecule has 0 amide bonds. The van der Waals surface area contributed by atoms with Crippen LogP contribution in [0.4, 0.5) is 25.2 Å². The quantitative estimate of drug-likeness (QED) is 0.311. The van der Waals surface area contributed by atoms with Gasteiger partial charge in [-0.1, -0.05) is 0 Å². The van der Waals surface area contributed by atoms with E-state index in [1.54, 1.807) is 14.2 Å². The van der Waals surface area contributed by atoms with E-state index in [9.17, 15) is 25.2 Å². The van der Waals surface area contributed by atoms with Crippen molar-refractivity contribution >= 4 is 24.7 Å². The van der Waals surface area contributed by atoms with E-state index in [1.807, 2.05) is 0 Å². The van der Waals surface area contributed by atoms with Gasteiger partial charge in [0.1, 0.15) is 26.2 Å². The van der Waals surface area contributed by atoms with Crippen molar-refractivity contribution in [2.24, 2.45) is 0 Å². The first-order chi connectivity index (χ1) is 9.24. The average molecular weight is 367 g/mol. The monoisotopic (exact) mass is 366 g/mol. The van der Waals surface area contributed by atoms with Crippen LogP contribution in [0.5, 0.6) is 0 Å². The molecule has 0 aromatic carbocycles. The van der Waals surface area contributed by atoms with Gasteiger partial charge >= 0.3 is 38.3 Å². The van der Waals surface area contributed by atoms with Gasteiger partial charge in [0, 0.05) is 25.8 Å². The number of ether oxygens (including phenoxy) is 2. The molecule has 0 radical (unpaired) electrons. The van der Waals surface area contributed by atoms with Crippen molar-refractivity contribution in [3.8, 4) is 0 Å². The Morgan fingerprint density at radius 1 is 1.10 bits per heavy atom. The Bertz CT molecular complexity index is 363. The van der Waals surface area contributed by atoms with E-state index in [-0.39, 0.29) is 0 Å². The third kappa shape index (κ3) is 14.4. The summed E-state index contributed by atoms with van der Waals surface area (Å²) in [4.78, 5) is 2.13. The van der Waals surface area contributed by atoms with Crippen molar-refractivity contribution in [3.63, 3.8) is 0 Å². The van der Waals surface area contributed by atoms with Gasteiger partial charge in [0.15, 0.2) is 0 Å². The molecule has 1 aliphatic heterocycles. The van der Waals surface area contributed by atoms with Crippen molar-refractivity contribution in [2.75, 3.05) is 53.6 Å². The Labute approximate surface area is 123 Å². The summed E-state index contributed by atoms with van der Waals surface area (Å²) in [5.74, 6) is 0. The molecule has 0 aromatic rings. The van der Waals surface area contributed by atoms with E-state index >= 15 is 0 Å². The van der Waals surface area contributed by atoms with E-state index < -0.39 is 7.81 Å². The zero-order chi connectivity index (χ0) is 16.8. The Kier molecular flexibility index (Phi) is 6.75. The molecule has 21 heavy (non-hydrogen) atoms. The molecule has 4 nitrogen and oxygen atoms in total. The fourth-order valence-electron chi connectivity index (χ4n) is 1.44. The number of hydrogen-bond donors (Lipinski definition) is 0. The molecule has 0 saturated heterocycles. The third-order valence-electron chi connectivity index (χ3n) is 2.29. The molecule has 0 bridgehead atoms. The normalized spacial score (nSPS) is 19.0. The first kappa shape index (κ1) is 20.7. The molecule has 0 aliphatic carbocycles. The number of methoxy groups -OCH3 is 2. The van der Waals surface area contributed by atoms with Crippen LogP contribution in [0.1, 0.15) is 0 Å². The standard InChI is InChI=1S/C9H18ClN2O2.F6P/c1-13-7-5-11-3-4-12(9(11)10)6-8-14-2;1-7(2,3,4,5)6/h3-8H2,1-2H3;/q+1;-1. The van der Waals surface area contributed by atoms with E-state index in [1.165, 1.54) is 0 Å². The van der Waals surface area contributed by atoms with Gasteiger partial charge in [-0.15, -0.1) is 0 Å². The molecule has 0 N–H and O–H groups in total. The number of rotatable bonds is 6.